The molecule has 0 aromatic heterocycles. The van der Waals surface area contributed by atoms with Crippen molar-refractivity contribution in [2.45, 2.75) is 44.6 Å². The first-order valence-corrected chi connectivity index (χ1v) is 7.63. The molecule has 1 aliphatic rings. The molecule has 4 heteroatoms. The summed E-state index contributed by atoms with van der Waals surface area (Å²) in [5, 5.41) is 2.87. The molecule has 1 aromatic rings. The van der Waals surface area contributed by atoms with E-state index < -0.39 is 6.04 Å². The molecule has 1 aromatic carbocycles. The molecule has 0 spiro atoms. The standard InChI is InChI=1S/C17H23NO3/c1-21-17(20)15(12-13-8-4-2-5-9-13)18-16(19)14-10-6-3-7-11-14/h2,4-5,8-9,14-15H,3,6-7,10-12H2,1H3,(H,18,19)/t15-/m1/s1. The van der Waals surface area contributed by atoms with E-state index >= 15 is 0 Å². The van der Waals surface area contributed by atoms with Gasteiger partial charge in [-0.1, -0.05) is 49.6 Å². The normalized spacial score (nSPS) is 17.0. The minimum atomic E-state index is -0.605. The van der Waals surface area contributed by atoms with Crippen LogP contribution in [0.4, 0.5) is 0 Å². The number of hydrogen-bond acceptors (Lipinski definition) is 3. The number of carbonyl (C=O) groups is 2. The van der Waals surface area contributed by atoms with Crippen molar-refractivity contribution < 1.29 is 14.3 Å². The maximum atomic E-state index is 12.3. The first-order chi connectivity index (χ1) is 10.2. The smallest absolute Gasteiger partial charge is 0.328 e. The molecule has 0 bridgehead atoms. The van der Waals surface area contributed by atoms with Gasteiger partial charge in [0.2, 0.25) is 5.91 Å². The van der Waals surface area contributed by atoms with Gasteiger partial charge in [0.05, 0.1) is 7.11 Å². The number of ether oxygens (including phenoxy) is 1. The first kappa shape index (κ1) is 15.5. The molecule has 2 rings (SSSR count). The van der Waals surface area contributed by atoms with E-state index in [2.05, 4.69) is 5.32 Å². The number of rotatable bonds is 5. The van der Waals surface area contributed by atoms with Crippen molar-refractivity contribution in [1.29, 1.82) is 0 Å². The third-order valence-electron chi connectivity index (χ3n) is 4.06. The minimum Gasteiger partial charge on any atom is -0.467 e. The fourth-order valence-electron chi connectivity index (χ4n) is 2.84. The molecule has 0 heterocycles. The van der Waals surface area contributed by atoms with Crippen LogP contribution in [0.1, 0.15) is 37.7 Å². The van der Waals surface area contributed by atoms with Crippen LogP contribution in [-0.4, -0.2) is 25.0 Å². The lowest BCUT2D eigenvalue weighted by atomic mass is 9.88. The topological polar surface area (TPSA) is 55.4 Å². The number of nitrogens with one attached hydrogen (secondary N) is 1. The number of carbonyl (C=O) groups excluding carboxylic acids is 2. The van der Waals surface area contributed by atoms with Gasteiger partial charge in [0.1, 0.15) is 6.04 Å². The monoisotopic (exact) mass is 289 g/mol. The molecule has 1 atom stereocenters. The Morgan fingerprint density at radius 3 is 2.48 bits per heavy atom. The number of benzene rings is 1. The van der Waals surface area contributed by atoms with E-state index in [-0.39, 0.29) is 17.8 Å². The summed E-state index contributed by atoms with van der Waals surface area (Å²) in [6.45, 7) is 0. The van der Waals surface area contributed by atoms with Crippen LogP contribution in [0.15, 0.2) is 30.3 Å². The summed E-state index contributed by atoms with van der Waals surface area (Å²) < 4.78 is 4.82. The number of amides is 1. The van der Waals surface area contributed by atoms with E-state index in [1.54, 1.807) is 0 Å². The predicted molar refractivity (Wildman–Crippen MR) is 80.7 cm³/mol. The Labute approximate surface area is 125 Å². The Kier molecular flexibility index (Phi) is 5.78. The molecule has 114 valence electrons. The molecule has 0 saturated heterocycles. The molecule has 1 N–H and O–H groups in total. The molecular formula is C17H23NO3. The summed E-state index contributed by atoms with van der Waals surface area (Å²) >= 11 is 0. The lowest BCUT2D eigenvalue weighted by Gasteiger charge is -2.24. The minimum absolute atomic E-state index is 0.0129. The third kappa shape index (κ3) is 4.59. The lowest BCUT2D eigenvalue weighted by molar-refractivity contribution is -0.145. The van der Waals surface area contributed by atoms with Crippen LogP contribution in [0, 0.1) is 5.92 Å². The Balaban J connectivity index is 1.99. The first-order valence-electron chi connectivity index (χ1n) is 7.63. The van der Waals surface area contributed by atoms with Gasteiger partial charge in [0, 0.05) is 12.3 Å². The molecule has 1 fully saturated rings. The Morgan fingerprint density at radius 1 is 1.19 bits per heavy atom. The fraction of sp³-hybridized carbons (Fsp3) is 0.529. The third-order valence-corrected chi connectivity index (χ3v) is 4.06. The summed E-state index contributed by atoms with van der Waals surface area (Å²) in [5.74, 6) is -0.356. The molecule has 1 amide bonds. The van der Waals surface area contributed by atoms with E-state index in [4.69, 9.17) is 4.74 Å². The van der Waals surface area contributed by atoms with E-state index in [1.165, 1.54) is 13.5 Å². The maximum absolute atomic E-state index is 12.3. The van der Waals surface area contributed by atoms with Gasteiger partial charge in [-0.15, -0.1) is 0 Å². The Morgan fingerprint density at radius 2 is 1.86 bits per heavy atom. The average molecular weight is 289 g/mol. The van der Waals surface area contributed by atoms with E-state index in [1.807, 2.05) is 30.3 Å². The second-order valence-electron chi connectivity index (χ2n) is 5.61. The van der Waals surface area contributed by atoms with Gasteiger partial charge < -0.3 is 10.1 Å². The summed E-state index contributed by atoms with van der Waals surface area (Å²) in [6.07, 6.45) is 5.70. The van der Waals surface area contributed by atoms with Crippen LogP contribution in [-0.2, 0) is 20.7 Å². The molecule has 0 radical (unpaired) electrons. The van der Waals surface area contributed by atoms with Crippen molar-refractivity contribution in [3.05, 3.63) is 35.9 Å². The average Bonchev–Trinajstić information content (AvgIpc) is 2.55. The van der Waals surface area contributed by atoms with Gasteiger partial charge in [-0.05, 0) is 18.4 Å². The zero-order valence-corrected chi connectivity index (χ0v) is 12.5. The highest BCUT2D eigenvalue weighted by Crippen LogP contribution is 2.23. The highest BCUT2D eigenvalue weighted by atomic mass is 16.5. The van der Waals surface area contributed by atoms with Crippen LogP contribution in [0.5, 0.6) is 0 Å². The summed E-state index contributed by atoms with van der Waals surface area (Å²) in [5.41, 5.74) is 1.01. The van der Waals surface area contributed by atoms with Crippen molar-refractivity contribution in [3.63, 3.8) is 0 Å². The van der Waals surface area contributed by atoms with E-state index in [0.717, 1.165) is 31.2 Å². The SMILES string of the molecule is COC(=O)[C@@H](Cc1ccccc1)NC(=O)C1CCCCC1. The molecule has 0 unspecified atom stereocenters. The zero-order chi connectivity index (χ0) is 15.1. The summed E-state index contributed by atoms with van der Waals surface area (Å²) in [7, 11) is 1.35. The molecule has 1 saturated carbocycles. The highest BCUT2D eigenvalue weighted by molar-refractivity contribution is 5.86. The van der Waals surface area contributed by atoms with Crippen LogP contribution in [0.2, 0.25) is 0 Å². The lowest BCUT2D eigenvalue weighted by Crippen LogP contribution is -2.45. The van der Waals surface area contributed by atoms with Crippen LogP contribution < -0.4 is 5.32 Å². The molecule has 0 aliphatic heterocycles. The number of esters is 1. The van der Waals surface area contributed by atoms with Crippen molar-refractivity contribution in [2.75, 3.05) is 7.11 Å². The predicted octanol–water partition coefficient (Wildman–Crippen LogP) is 2.47. The van der Waals surface area contributed by atoms with Gasteiger partial charge in [-0.3, -0.25) is 4.79 Å². The van der Waals surface area contributed by atoms with Crippen molar-refractivity contribution >= 4 is 11.9 Å². The largest absolute Gasteiger partial charge is 0.467 e. The van der Waals surface area contributed by atoms with Gasteiger partial charge in [-0.25, -0.2) is 4.79 Å². The Bertz CT molecular complexity index is 466. The van der Waals surface area contributed by atoms with Crippen molar-refractivity contribution in [1.82, 2.24) is 5.32 Å². The quantitative estimate of drug-likeness (QED) is 0.847. The second-order valence-corrected chi connectivity index (χ2v) is 5.61. The van der Waals surface area contributed by atoms with Gasteiger partial charge >= 0.3 is 5.97 Å². The number of methoxy groups -OCH3 is 1. The van der Waals surface area contributed by atoms with Crippen LogP contribution in [0.25, 0.3) is 0 Å². The highest BCUT2D eigenvalue weighted by Gasteiger charge is 2.27. The fourth-order valence-corrected chi connectivity index (χ4v) is 2.84. The van der Waals surface area contributed by atoms with Crippen molar-refractivity contribution in [2.24, 2.45) is 5.92 Å². The molecular weight excluding hydrogens is 266 g/mol. The molecule has 4 nitrogen and oxygen atoms in total. The van der Waals surface area contributed by atoms with Gasteiger partial charge in [0.25, 0.3) is 0 Å². The second kappa shape index (κ2) is 7.81. The summed E-state index contributed by atoms with van der Waals surface area (Å²) in [6, 6.07) is 9.06. The van der Waals surface area contributed by atoms with Crippen LogP contribution >= 0.6 is 0 Å². The zero-order valence-electron chi connectivity index (χ0n) is 12.5. The van der Waals surface area contributed by atoms with E-state index in [0.29, 0.717) is 6.42 Å². The number of hydrogen-bond donors (Lipinski definition) is 1. The molecule has 21 heavy (non-hydrogen) atoms. The van der Waals surface area contributed by atoms with E-state index in [9.17, 15) is 9.59 Å². The summed E-state index contributed by atoms with van der Waals surface area (Å²) in [4.78, 5) is 24.2. The van der Waals surface area contributed by atoms with Crippen LogP contribution in [0.3, 0.4) is 0 Å². The van der Waals surface area contributed by atoms with Crippen molar-refractivity contribution in [3.8, 4) is 0 Å². The van der Waals surface area contributed by atoms with Gasteiger partial charge in [0.15, 0.2) is 0 Å². The molecule has 1 aliphatic carbocycles. The maximum Gasteiger partial charge on any atom is 0.328 e. The van der Waals surface area contributed by atoms with Gasteiger partial charge in [-0.2, -0.15) is 0 Å². The Hall–Kier alpha value is -1.84.